The van der Waals surface area contributed by atoms with Crippen LogP contribution in [0.3, 0.4) is 0 Å². The Kier molecular flexibility index (Phi) is 5.21. The Labute approximate surface area is 111 Å². The lowest BCUT2D eigenvalue weighted by Crippen LogP contribution is -2.38. The van der Waals surface area contributed by atoms with Crippen LogP contribution in [0, 0.1) is 0 Å². The molecule has 1 aliphatic heterocycles. The first-order valence-electron chi connectivity index (χ1n) is 7.37. The van der Waals surface area contributed by atoms with E-state index in [9.17, 15) is 0 Å². The summed E-state index contributed by atoms with van der Waals surface area (Å²) in [5.74, 6) is 0. The minimum Gasteiger partial charge on any atom is -0.313 e. The summed E-state index contributed by atoms with van der Waals surface area (Å²) in [5.41, 5.74) is 1.47. The molecule has 0 aliphatic carbocycles. The summed E-state index contributed by atoms with van der Waals surface area (Å²) in [4.78, 5) is 2.67. The van der Waals surface area contributed by atoms with Gasteiger partial charge < -0.3 is 5.32 Å². The molecule has 1 aromatic rings. The molecule has 0 bridgehead atoms. The Balaban J connectivity index is 2.11. The third-order valence-corrected chi connectivity index (χ3v) is 4.01. The van der Waals surface area contributed by atoms with Crippen LogP contribution in [0.1, 0.15) is 44.7 Å². The molecule has 1 aromatic carbocycles. The van der Waals surface area contributed by atoms with E-state index in [1.54, 1.807) is 0 Å². The van der Waals surface area contributed by atoms with Crippen molar-refractivity contribution in [1.29, 1.82) is 0 Å². The second-order valence-corrected chi connectivity index (χ2v) is 5.24. The summed E-state index contributed by atoms with van der Waals surface area (Å²) >= 11 is 0. The SMILES string of the molecule is CCC1CN(C(CC)c2ccccc2)CCCN1. The first kappa shape index (κ1) is 13.6. The highest BCUT2D eigenvalue weighted by atomic mass is 15.2. The molecular weight excluding hydrogens is 220 g/mol. The second kappa shape index (κ2) is 6.91. The van der Waals surface area contributed by atoms with E-state index in [0.29, 0.717) is 12.1 Å². The molecule has 1 N–H and O–H groups in total. The van der Waals surface area contributed by atoms with E-state index in [1.165, 1.54) is 44.5 Å². The van der Waals surface area contributed by atoms with E-state index in [1.807, 2.05) is 0 Å². The molecule has 0 aromatic heterocycles. The largest absolute Gasteiger partial charge is 0.313 e. The van der Waals surface area contributed by atoms with Gasteiger partial charge in [-0.25, -0.2) is 0 Å². The molecule has 1 aliphatic rings. The van der Waals surface area contributed by atoms with Gasteiger partial charge in [0, 0.05) is 25.2 Å². The van der Waals surface area contributed by atoms with Gasteiger partial charge in [0.25, 0.3) is 0 Å². The van der Waals surface area contributed by atoms with Crippen molar-refractivity contribution in [2.24, 2.45) is 0 Å². The van der Waals surface area contributed by atoms with E-state index < -0.39 is 0 Å². The molecule has 1 saturated heterocycles. The van der Waals surface area contributed by atoms with Crippen LogP contribution in [0.5, 0.6) is 0 Å². The first-order chi connectivity index (χ1) is 8.85. The number of benzene rings is 1. The molecular formula is C16H26N2. The molecule has 2 atom stereocenters. The molecule has 0 amide bonds. The Morgan fingerprint density at radius 3 is 2.72 bits per heavy atom. The van der Waals surface area contributed by atoms with E-state index in [2.05, 4.69) is 54.4 Å². The summed E-state index contributed by atoms with van der Waals surface area (Å²) in [7, 11) is 0. The predicted octanol–water partition coefficient (Wildman–Crippen LogP) is 3.21. The van der Waals surface area contributed by atoms with Crippen LogP contribution in [-0.4, -0.2) is 30.6 Å². The zero-order chi connectivity index (χ0) is 12.8. The van der Waals surface area contributed by atoms with Gasteiger partial charge in [-0.05, 0) is 31.4 Å². The van der Waals surface area contributed by atoms with Crippen molar-refractivity contribution in [3.63, 3.8) is 0 Å². The molecule has 18 heavy (non-hydrogen) atoms. The second-order valence-electron chi connectivity index (χ2n) is 5.24. The molecule has 0 saturated carbocycles. The van der Waals surface area contributed by atoms with Crippen LogP contribution in [-0.2, 0) is 0 Å². The van der Waals surface area contributed by atoms with Gasteiger partial charge in [0.15, 0.2) is 0 Å². The molecule has 0 radical (unpaired) electrons. The van der Waals surface area contributed by atoms with Crippen LogP contribution >= 0.6 is 0 Å². The van der Waals surface area contributed by atoms with E-state index in [-0.39, 0.29) is 0 Å². The molecule has 2 nitrogen and oxygen atoms in total. The summed E-state index contributed by atoms with van der Waals surface area (Å²) in [5, 5.41) is 3.65. The van der Waals surface area contributed by atoms with Gasteiger partial charge >= 0.3 is 0 Å². The van der Waals surface area contributed by atoms with Crippen molar-refractivity contribution < 1.29 is 0 Å². The maximum absolute atomic E-state index is 3.65. The summed E-state index contributed by atoms with van der Waals surface area (Å²) in [6.07, 6.45) is 3.68. The van der Waals surface area contributed by atoms with Gasteiger partial charge in [-0.2, -0.15) is 0 Å². The fourth-order valence-corrected chi connectivity index (χ4v) is 2.96. The van der Waals surface area contributed by atoms with E-state index in [4.69, 9.17) is 0 Å². The highest BCUT2D eigenvalue weighted by molar-refractivity contribution is 5.19. The maximum atomic E-state index is 3.65. The summed E-state index contributed by atoms with van der Waals surface area (Å²) < 4.78 is 0. The van der Waals surface area contributed by atoms with Crippen LogP contribution in [0.2, 0.25) is 0 Å². The average molecular weight is 246 g/mol. The van der Waals surface area contributed by atoms with Gasteiger partial charge in [-0.1, -0.05) is 44.2 Å². The predicted molar refractivity (Wildman–Crippen MR) is 77.7 cm³/mol. The van der Waals surface area contributed by atoms with Crippen molar-refractivity contribution in [2.75, 3.05) is 19.6 Å². The van der Waals surface area contributed by atoms with E-state index >= 15 is 0 Å². The Morgan fingerprint density at radius 1 is 1.28 bits per heavy atom. The fraction of sp³-hybridized carbons (Fsp3) is 0.625. The van der Waals surface area contributed by atoms with Crippen molar-refractivity contribution in [3.8, 4) is 0 Å². The number of rotatable bonds is 4. The fourth-order valence-electron chi connectivity index (χ4n) is 2.96. The van der Waals surface area contributed by atoms with Gasteiger partial charge in [0.2, 0.25) is 0 Å². The lowest BCUT2D eigenvalue weighted by molar-refractivity contribution is 0.187. The number of nitrogens with zero attached hydrogens (tertiary/aromatic N) is 1. The quantitative estimate of drug-likeness (QED) is 0.877. The van der Waals surface area contributed by atoms with Crippen molar-refractivity contribution in [3.05, 3.63) is 35.9 Å². The van der Waals surface area contributed by atoms with Gasteiger partial charge in [-0.15, -0.1) is 0 Å². The third-order valence-electron chi connectivity index (χ3n) is 4.01. The minimum absolute atomic E-state index is 0.583. The Bertz CT molecular complexity index is 336. The molecule has 2 rings (SSSR count). The standard InChI is InChI=1S/C16H26N2/c1-3-15-13-18(12-8-11-17-15)16(4-2)14-9-6-5-7-10-14/h5-7,9-10,15-17H,3-4,8,11-13H2,1-2H3. The Morgan fingerprint density at radius 2 is 2.06 bits per heavy atom. The van der Waals surface area contributed by atoms with Crippen LogP contribution in [0.25, 0.3) is 0 Å². The van der Waals surface area contributed by atoms with Gasteiger partial charge in [0.1, 0.15) is 0 Å². The van der Waals surface area contributed by atoms with Crippen LogP contribution in [0.15, 0.2) is 30.3 Å². The topological polar surface area (TPSA) is 15.3 Å². The summed E-state index contributed by atoms with van der Waals surface area (Å²) in [6, 6.07) is 12.2. The van der Waals surface area contributed by atoms with Crippen LogP contribution < -0.4 is 5.32 Å². The van der Waals surface area contributed by atoms with Gasteiger partial charge in [-0.3, -0.25) is 4.90 Å². The first-order valence-corrected chi connectivity index (χ1v) is 7.37. The van der Waals surface area contributed by atoms with Gasteiger partial charge in [0.05, 0.1) is 0 Å². The highest BCUT2D eigenvalue weighted by Crippen LogP contribution is 2.25. The number of hydrogen-bond acceptors (Lipinski definition) is 2. The highest BCUT2D eigenvalue weighted by Gasteiger charge is 2.23. The van der Waals surface area contributed by atoms with Crippen molar-refractivity contribution in [2.45, 2.75) is 45.2 Å². The lowest BCUT2D eigenvalue weighted by Gasteiger charge is -2.32. The zero-order valence-electron chi connectivity index (χ0n) is 11.7. The molecule has 1 fully saturated rings. The number of hydrogen-bond donors (Lipinski definition) is 1. The average Bonchev–Trinajstić information content (AvgIpc) is 2.66. The molecule has 2 heteroatoms. The molecule has 1 heterocycles. The Hall–Kier alpha value is -0.860. The maximum Gasteiger partial charge on any atom is 0.0346 e. The number of nitrogens with one attached hydrogen (secondary N) is 1. The zero-order valence-corrected chi connectivity index (χ0v) is 11.7. The smallest absolute Gasteiger partial charge is 0.0346 e. The molecule has 100 valence electrons. The minimum atomic E-state index is 0.583. The summed E-state index contributed by atoms with van der Waals surface area (Å²) in [6.45, 7) is 8.16. The van der Waals surface area contributed by atoms with E-state index in [0.717, 1.165) is 0 Å². The van der Waals surface area contributed by atoms with Crippen molar-refractivity contribution >= 4 is 0 Å². The molecule has 2 unspecified atom stereocenters. The third kappa shape index (κ3) is 3.33. The van der Waals surface area contributed by atoms with Crippen LogP contribution in [0.4, 0.5) is 0 Å². The lowest BCUT2D eigenvalue weighted by atomic mass is 10.0. The molecule has 0 spiro atoms. The monoisotopic (exact) mass is 246 g/mol. The van der Waals surface area contributed by atoms with Crippen molar-refractivity contribution in [1.82, 2.24) is 10.2 Å². The normalized spacial score (nSPS) is 23.6.